The third-order valence-corrected chi connectivity index (χ3v) is 3.57. The van der Waals surface area contributed by atoms with E-state index < -0.39 is 0 Å². The van der Waals surface area contributed by atoms with E-state index in [9.17, 15) is 4.79 Å². The quantitative estimate of drug-likeness (QED) is 0.851. The van der Waals surface area contributed by atoms with E-state index in [4.69, 9.17) is 22.1 Å². The van der Waals surface area contributed by atoms with Crippen LogP contribution in [-0.4, -0.2) is 13.0 Å². The fraction of sp³-hybridized carbons (Fsp3) is 0.188. The van der Waals surface area contributed by atoms with Gasteiger partial charge in [0, 0.05) is 10.7 Å². The molecule has 2 aromatic rings. The number of hydrogen-bond acceptors (Lipinski definition) is 3. The topological polar surface area (TPSA) is 64.3 Å². The maximum absolute atomic E-state index is 12.3. The van der Waals surface area contributed by atoms with Crippen LogP contribution in [0.15, 0.2) is 42.5 Å². The van der Waals surface area contributed by atoms with Gasteiger partial charge in [-0.25, -0.2) is 0 Å². The Balaban J connectivity index is 2.20. The minimum atomic E-state index is -0.265. The lowest BCUT2D eigenvalue weighted by atomic mass is 10.1. The number of halogens is 1. The molecule has 1 unspecified atom stereocenters. The molecule has 0 aliphatic heterocycles. The van der Waals surface area contributed by atoms with E-state index in [1.54, 1.807) is 31.4 Å². The molecular formula is C16H17ClN2O2. The van der Waals surface area contributed by atoms with Gasteiger partial charge >= 0.3 is 0 Å². The molecule has 110 valence electrons. The van der Waals surface area contributed by atoms with Gasteiger partial charge in [0.15, 0.2) is 0 Å². The smallest absolute Gasteiger partial charge is 0.253 e. The second-order valence-electron chi connectivity index (χ2n) is 4.67. The van der Waals surface area contributed by atoms with E-state index in [1.807, 2.05) is 25.1 Å². The predicted molar refractivity (Wildman–Crippen MR) is 84.7 cm³/mol. The van der Waals surface area contributed by atoms with E-state index in [0.717, 1.165) is 5.56 Å². The second kappa shape index (κ2) is 6.50. The van der Waals surface area contributed by atoms with Gasteiger partial charge in [-0.1, -0.05) is 29.8 Å². The van der Waals surface area contributed by atoms with Gasteiger partial charge in [0.1, 0.15) is 5.75 Å². The monoisotopic (exact) mass is 304 g/mol. The lowest BCUT2D eigenvalue weighted by Gasteiger charge is -2.16. The van der Waals surface area contributed by atoms with E-state index in [1.165, 1.54) is 0 Å². The first-order valence-electron chi connectivity index (χ1n) is 6.51. The third kappa shape index (κ3) is 3.47. The molecule has 1 atom stereocenters. The maximum Gasteiger partial charge on any atom is 0.253 e. The van der Waals surface area contributed by atoms with Crippen LogP contribution in [0.2, 0.25) is 5.02 Å². The van der Waals surface area contributed by atoms with Gasteiger partial charge in [-0.3, -0.25) is 4.79 Å². The number of carbonyl (C=O) groups is 1. The number of amides is 1. The van der Waals surface area contributed by atoms with Crippen molar-refractivity contribution >= 4 is 23.2 Å². The molecule has 0 heterocycles. The van der Waals surface area contributed by atoms with Gasteiger partial charge in [0.2, 0.25) is 0 Å². The molecule has 3 N–H and O–H groups in total. The second-order valence-corrected chi connectivity index (χ2v) is 5.08. The molecule has 0 fully saturated rings. The number of hydrogen-bond donors (Lipinski definition) is 2. The number of anilines is 1. The third-order valence-electron chi connectivity index (χ3n) is 3.22. The van der Waals surface area contributed by atoms with Crippen LogP contribution in [0.3, 0.4) is 0 Å². The van der Waals surface area contributed by atoms with Crippen molar-refractivity contribution in [3.05, 3.63) is 58.6 Å². The van der Waals surface area contributed by atoms with Crippen LogP contribution in [0.25, 0.3) is 0 Å². The lowest BCUT2D eigenvalue weighted by molar-refractivity contribution is 0.0940. The van der Waals surface area contributed by atoms with Crippen molar-refractivity contribution < 1.29 is 9.53 Å². The predicted octanol–water partition coefficient (Wildman–Crippen LogP) is 3.42. The summed E-state index contributed by atoms with van der Waals surface area (Å²) in [6, 6.07) is 12.1. The van der Waals surface area contributed by atoms with Crippen molar-refractivity contribution in [3.63, 3.8) is 0 Å². The maximum atomic E-state index is 12.3. The zero-order chi connectivity index (χ0) is 15.4. The Bertz CT molecular complexity index is 658. The molecule has 1 amide bonds. The number of nitrogens with one attached hydrogen (secondary N) is 1. The number of rotatable bonds is 4. The van der Waals surface area contributed by atoms with Crippen molar-refractivity contribution in [2.75, 3.05) is 12.8 Å². The summed E-state index contributed by atoms with van der Waals surface area (Å²) in [6.45, 7) is 1.87. The van der Waals surface area contributed by atoms with Crippen LogP contribution < -0.4 is 15.8 Å². The largest absolute Gasteiger partial charge is 0.497 e. The highest BCUT2D eigenvalue weighted by Crippen LogP contribution is 2.24. The first-order valence-corrected chi connectivity index (χ1v) is 6.89. The molecule has 5 heteroatoms. The van der Waals surface area contributed by atoms with Gasteiger partial charge in [-0.15, -0.1) is 0 Å². The van der Waals surface area contributed by atoms with Gasteiger partial charge in [-0.05, 0) is 36.8 Å². The van der Waals surface area contributed by atoms with Crippen LogP contribution in [0.5, 0.6) is 5.75 Å². The number of nitrogens with two attached hydrogens (primary N) is 1. The summed E-state index contributed by atoms with van der Waals surface area (Å²) >= 11 is 6.13. The summed E-state index contributed by atoms with van der Waals surface area (Å²) in [6.07, 6.45) is 0. The summed E-state index contributed by atoms with van der Waals surface area (Å²) in [5, 5.41) is 3.50. The van der Waals surface area contributed by atoms with Crippen LogP contribution in [0, 0.1) is 0 Å². The summed E-state index contributed by atoms with van der Waals surface area (Å²) in [7, 11) is 1.54. The van der Waals surface area contributed by atoms with Crippen LogP contribution >= 0.6 is 11.6 Å². The Morgan fingerprint density at radius 2 is 2.00 bits per heavy atom. The minimum Gasteiger partial charge on any atom is -0.497 e. The Morgan fingerprint density at radius 1 is 1.29 bits per heavy atom. The highest BCUT2D eigenvalue weighted by Gasteiger charge is 2.16. The Labute approximate surface area is 128 Å². The van der Waals surface area contributed by atoms with E-state index in [0.29, 0.717) is 22.0 Å². The molecule has 0 bridgehead atoms. The summed E-state index contributed by atoms with van der Waals surface area (Å²) in [5.74, 6) is 0.318. The van der Waals surface area contributed by atoms with E-state index in [-0.39, 0.29) is 11.9 Å². The first kappa shape index (κ1) is 15.2. The molecule has 0 aromatic heterocycles. The van der Waals surface area contributed by atoms with Crippen molar-refractivity contribution in [2.24, 2.45) is 0 Å². The van der Waals surface area contributed by atoms with Crippen molar-refractivity contribution in [1.29, 1.82) is 0 Å². The number of benzene rings is 2. The molecule has 0 saturated carbocycles. The standard InChI is InChI=1S/C16H17ClN2O2/c1-10(12-5-3-4-6-14(12)17)19-16(20)13-9-11(21-2)7-8-15(13)18/h3-10H,18H2,1-2H3,(H,19,20). The molecule has 2 rings (SSSR count). The summed E-state index contributed by atoms with van der Waals surface area (Å²) in [5.41, 5.74) is 7.49. The van der Waals surface area contributed by atoms with E-state index >= 15 is 0 Å². The zero-order valence-corrected chi connectivity index (χ0v) is 12.6. The van der Waals surface area contributed by atoms with Gasteiger partial charge < -0.3 is 15.8 Å². The van der Waals surface area contributed by atoms with Crippen molar-refractivity contribution in [3.8, 4) is 5.75 Å². The molecule has 0 aliphatic rings. The van der Waals surface area contributed by atoms with Crippen molar-refractivity contribution in [1.82, 2.24) is 5.32 Å². The Hall–Kier alpha value is -2.20. The Kier molecular flexibility index (Phi) is 4.70. The number of carbonyl (C=O) groups excluding carboxylic acids is 1. The van der Waals surface area contributed by atoms with Gasteiger partial charge in [0.05, 0.1) is 18.7 Å². The van der Waals surface area contributed by atoms with E-state index in [2.05, 4.69) is 5.32 Å². The molecule has 0 radical (unpaired) electrons. The van der Waals surface area contributed by atoms with Crippen LogP contribution in [0.1, 0.15) is 28.9 Å². The minimum absolute atomic E-state index is 0.225. The fourth-order valence-electron chi connectivity index (χ4n) is 2.04. The Morgan fingerprint density at radius 3 is 2.67 bits per heavy atom. The number of nitrogen functional groups attached to an aromatic ring is 1. The zero-order valence-electron chi connectivity index (χ0n) is 11.9. The summed E-state index contributed by atoms with van der Waals surface area (Å²) < 4.78 is 5.11. The molecule has 2 aromatic carbocycles. The van der Waals surface area contributed by atoms with Crippen LogP contribution in [0.4, 0.5) is 5.69 Å². The highest BCUT2D eigenvalue weighted by atomic mass is 35.5. The summed E-state index contributed by atoms with van der Waals surface area (Å²) in [4.78, 5) is 12.3. The molecule has 0 spiro atoms. The SMILES string of the molecule is COc1ccc(N)c(C(=O)NC(C)c2ccccc2Cl)c1. The normalized spacial score (nSPS) is 11.8. The van der Waals surface area contributed by atoms with Gasteiger partial charge in [0.25, 0.3) is 5.91 Å². The van der Waals surface area contributed by atoms with Crippen molar-refractivity contribution in [2.45, 2.75) is 13.0 Å². The molecule has 0 aliphatic carbocycles. The number of methoxy groups -OCH3 is 1. The number of ether oxygens (including phenoxy) is 1. The first-order chi connectivity index (χ1) is 10.0. The lowest BCUT2D eigenvalue weighted by Crippen LogP contribution is -2.27. The van der Waals surface area contributed by atoms with Crippen LogP contribution in [-0.2, 0) is 0 Å². The molecular weight excluding hydrogens is 288 g/mol. The molecule has 4 nitrogen and oxygen atoms in total. The van der Waals surface area contributed by atoms with Gasteiger partial charge in [-0.2, -0.15) is 0 Å². The average molecular weight is 305 g/mol. The highest BCUT2D eigenvalue weighted by molar-refractivity contribution is 6.31. The fourth-order valence-corrected chi connectivity index (χ4v) is 2.34. The molecule has 0 saturated heterocycles. The average Bonchev–Trinajstić information content (AvgIpc) is 2.48. The molecule has 21 heavy (non-hydrogen) atoms.